The minimum absolute atomic E-state index is 0.0497. The molecule has 0 aliphatic heterocycles. The van der Waals surface area contributed by atoms with Crippen molar-refractivity contribution >= 4 is 21.4 Å². The Hall–Kier alpha value is -1.31. The van der Waals surface area contributed by atoms with E-state index in [1.807, 2.05) is 0 Å². The summed E-state index contributed by atoms with van der Waals surface area (Å²) in [4.78, 5) is -0.131. The van der Waals surface area contributed by atoms with Crippen LogP contribution in [0, 0.1) is 0 Å². The molecule has 7 heteroatoms. The smallest absolute Gasteiger partial charge is 0.240 e. The van der Waals surface area contributed by atoms with Crippen molar-refractivity contribution < 1.29 is 13.5 Å². The van der Waals surface area contributed by atoms with Gasteiger partial charge in [-0.1, -0.05) is 6.07 Å². The van der Waals surface area contributed by atoms with Crippen LogP contribution >= 0.6 is 0 Å². The van der Waals surface area contributed by atoms with E-state index in [4.69, 9.17) is 10.9 Å². The molecular weight excluding hydrogens is 254 g/mol. The highest BCUT2D eigenvalue weighted by molar-refractivity contribution is 7.89. The predicted molar refractivity (Wildman–Crippen MR) is 71.6 cm³/mol. The van der Waals surface area contributed by atoms with Gasteiger partial charge in [-0.3, -0.25) is 0 Å². The van der Waals surface area contributed by atoms with Crippen molar-refractivity contribution in [1.29, 1.82) is 0 Å². The molecule has 0 heterocycles. The minimum atomic E-state index is -3.86. The Kier molecular flexibility index (Phi) is 3.89. The Morgan fingerprint density at radius 3 is 2.39 bits per heavy atom. The first-order valence-electron chi connectivity index (χ1n) is 5.43. The Balaban J connectivity index is 3.22. The second-order valence-electron chi connectivity index (χ2n) is 4.79. The van der Waals surface area contributed by atoms with Gasteiger partial charge < -0.3 is 16.2 Å². The number of hydrogen-bond acceptors (Lipinski definition) is 5. The number of nitrogen functional groups attached to an aromatic ring is 1. The average molecular weight is 273 g/mol. The molecule has 1 unspecified atom stereocenters. The van der Waals surface area contributed by atoms with Crippen LogP contribution in [0.25, 0.3) is 0 Å². The zero-order valence-electron chi connectivity index (χ0n) is 10.6. The second kappa shape index (κ2) is 4.75. The van der Waals surface area contributed by atoms with Crippen molar-refractivity contribution in [3.05, 3.63) is 18.2 Å². The molecule has 18 heavy (non-hydrogen) atoms. The number of sulfonamides is 1. The normalized spacial score (nSPS) is 14.3. The Labute approximate surface area is 107 Å². The zero-order chi connectivity index (χ0) is 14.1. The third-order valence-corrected chi connectivity index (χ3v) is 3.84. The molecule has 1 aromatic carbocycles. The number of para-hydroxylation sites is 1. The number of anilines is 2. The first-order chi connectivity index (χ1) is 8.05. The molecule has 1 rings (SSSR count). The van der Waals surface area contributed by atoms with Crippen molar-refractivity contribution in [1.82, 2.24) is 0 Å². The third kappa shape index (κ3) is 3.12. The maximum atomic E-state index is 11.3. The van der Waals surface area contributed by atoms with Crippen molar-refractivity contribution in [3.63, 3.8) is 0 Å². The van der Waals surface area contributed by atoms with E-state index in [0.29, 0.717) is 5.69 Å². The van der Waals surface area contributed by atoms with Gasteiger partial charge in [0.15, 0.2) is 0 Å². The molecule has 0 aliphatic rings. The van der Waals surface area contributed by atoms with Crippen LogP contribution in [0.4, 0.5) is 11.4 Å². The number of nitrogens with two attached hydrogens (primary N) is 2. The van der Waals surface area contributed by atoms with Crippen LogP contribution in [0.1, 0.15) is 20.8 Å². The standard InChI is InChI=1S/C11H19N3O3S/c1-7(15)11(2,3)14-8-5-4-6-9(10(8)12)18(13,16)17/h4-7,14-15H,12H2,1-3H3,(H2,13,16,17). The lowest BCUT2D eigenvalue weighted by molar-refractivity contribution is 0.133. The molecule has 0 saturated carbocycles. The quantitative estimate of drug-likeness (QED) is 0.595. The summed E-state index contributed by atoms with van der Waals surface area (Å²) in [6, 6.07) is 4.51. The molecule has 1 atom stereocenters. The summed E-state index contributed by atoms with van der Waals surface area (Å²) in [6.45, 7) is 5.19. The summed E-state index contributed by atoms with van der Waals surface area (Å²) in [5.74, 6) is 0. The van der Waals surface area contributed by atoms with Gasteiger partial charge >= 0.3 is 0 Å². The lowest BCUT2D eigenvalue weighted by Gasteiger charge is -2.31. The van der Waals surface area contributed by atoms with E-state index >= 15 is 0 Å². The molecule has 0 aliphatic carbocycles. The molecule has 0 spiro atoms. The van der Waals surface area contributed by atoms with Crippen molar-refractivity contribution in [2.45, 2.75) is 37.3 Å². The minimum Gasteiger partial charge on any atom is -0.396 e. The van der Waals surface area contributed by atoms with Gasteiger partial charge in [-0.25, -0.2) is 13.6 Å². The van der Waals surface area contributed by atoms with Crippen molar-refractivity contribution in [3.8, 4) is 0 Å². The van der Waals surface area contributed by atoms with Gasteiger partial charge in [0.05, 0.1) is 23.0 Å². The molecule has 1 aromatic rings. The van der Waals surface area contributed by atoms with Gasteiger partial charge in [-0.2, -0.15) is 0 Å². The first kappa shape index (κ1) is 14.7. The van der Waals surface area contributed by atoms with E-state index in [1.54, 1.807) is 26.8 Å². The number of rotatable bonds is 4. The number of primary sulfonamides is 1. The summed E-state index contributed by atoms with van der Waals surface area (Å²) < 4.78 is 22.7. The van der Waals surface area contributed by atoms with E-state index in [0.717, 1.165) is 0 Å². The molecule has 0 radical (unpaired) electrons. The topological polar surface area (TPSA) is 118 Å². The number of aliphatic hydroxyl groups excluding tert-OH is 1. The van der Waals surface area contributed by atoms with E-state index in [1.165, 1.54) is 12.1 Å². The lowest BCUT2D eigenvalue weighted by atomic mass is 9.98. The number of nitrogens with one attached hydrogen (secondary N) is 1. The zero-order valence-corrected chi connectivity index (χ0v) is 11.5. The summed E-state index contributed by atoms with van der Waals surface area (Å²) in [6.07, 6.45) is -0.643. The van der Waals surface area contributed by atoms with Crippen molar-refractivity contribution in [2.75, 3.05) is 11.1 Å². The van der Waals surface area contributed by atoms with Crippen LogP contribution in [-0.4, -0.2) is 25.2 Å². The third-order valence-electron chi connectivity index (χ3n) is 2.87. The summed E-state index contributed by atoms with van der Waals surface area (Å²) >= 11 is 0. The van der Waals surface area contributed by atoms with E-state index in [2.05, 4.69) is 5.32 Å². The van der Waals surface area contributed by atoms with Gasteiger partial charge in [0.1, 0.15) is 4.90 Å². The molecule has 0 aromatic heterocycles. The van der Waals surface area contributed by atoms with Crippen LogP contribution in [0.15, 0.2) is 23.1 Å². The fourth-order valence-electron chi connectivity index (χ4n) is 1.35. The Morgan fingerprint density at radius 1 is 1.39 bits per heavy atom. The van der Waals surface area contributed by atoms with Gasteiger partial charge in [0, 0.05) is 0 Å². The van der Waals surface area contributed by atoms with E-state index in [9.17, 15) is 13.5 Å². The maximum Gasteiger partial charge on any atom is 0.240 e. The van der Waals surface area contributed by atoms with Crippen LogP contribution in [0.5, 0.6) is 0 Å². The van der Waals surface area contributed by atoms with E-state index < -0.39 is 21.7 Å². The second-order valence-corrected chi connectivity index (χ2v) is 6.31. The number of aliphatic hydroxyl groups is 1. The monoisotopic (exact) mass is 273 g/mol. The highest BCUT2D eigenvalue weighted by atomic mass is 32.2. The molecule has 0 saturated heterocycles. The summed E-state index contributed by atoms with van der Waals surface area (Å²) in [7, 11) is -3.86. The molecule has 0 amide bonds. The first-order valence-corrected chi connectivity index (χ1v) is 6.98. The van der Waals surface area contributed by atoms with Gasteiger partial charge in [0.25, 0.3) is 0 Å². The Bertz CT molecular complexity index is 538. The maximum absolute atomic E-state index is 11.3. The molecule has 6 N–H and O–H groups in total. The lowest BCUT2D eigenvalue weighted by Crippen LogP contribution is -2.42. The molecular formula is C11H19N3O3S. The van der Waals surface area contributed by atoms with Gasteiger partial charge in [-0.15, -0.1) is 0 Å². The van der Waals surface area contributed by atoms with Crippen molar-refractivity contribution in [2.24, 2.45) is 5.14 Å². The van der Waals surface area contributed by atoms with Gasteiger partial charge in [0.2, 0.25) is 10.0 Å². The van der Waals surface area contributed by atoms with E-state index in [-0.39, 0.29) is 10.6 Å². The van der Waals surface area contributed by atoms with Crippen LogP contribution in [0.2, 0.25) is 0 Å². The number of benzene rings is 1. The molecule has 0 bridgehead atoms. The summed E-state index contributed by atoms with van der Waals surface area (Å²) in [5, 5.41) is 17.7. The highest BCUT2D eigenvalue weighted by Gasteiger charge is 2.25. The van der Waals surface area contributed by atoms with Gasteiger partial charge in [-0.05, 0) is 32.9 Å². The Morgan fingerprint density at radius 2 is 1.94 bits per heavy atom. The van der Waals surface area contributed by atoms with Crippen LogP contribution < -0.4 is 16.2 Å². The molecule has 102 valence electrons. The fraction of sp³-hybridized carbons (Fsp3) is 0.455. The predicted octanol–water partition coefficient (Wildman–Crippen LogP) is 0.488. The fourth-order valence-corrected chi connectivity index (χ4v) is 2.04. The SMILES string of the molecule is CC(O)C(C)(C)Nc1cccc(S(N)(=O)=O)c1N. The summed E-state index contributed by atoms with van der Waals surface area (Å²) in [5.41, 5.74) is 5.60. The highest BCUT2D eigenvalue weighted by Crippen LogP contribution is 2.29. The number of hydrogen-bond donors (Lipinski definition) is 4. The largest absolute Gasteiger partial charge is 0.396 e. The molecule has 0 fully saturated rings. The van der Waals surface area contributed by atoms with Crippen LogP contribution in [-0.2, 0) is 10.0 Å². The molecule has 6 nitrogen and oxygen atoms in total. The van der Waals surface area contributed by atoms with Crippen LogP contribution in [0.3, 0.4) is 0 Å². The average Bonchev–Trinajstić information content (AvgIpc) is 2.18.